The quantitative estimate of drug-likeness (QED) is 0.831. The van der Waals surface area contributed by atoms with Crippen molar-refractivity contribution in [1.29, 1.82) is 0 Å². The number of aromatic nitrogens is 4. The molecule has 0 bridgehead atoms. The van der Waals surface area contributed by atoms with Gasteiger partial charge in [0.05, 0.1) is 29.8 Å². The van der Waals surface area contributed by atoms with Crippen molar-refractivity contribution in [1.82, 2.24) is 24.6 Å². The molecule has 0 saturated carbocycles. The molecule has 1 atom stereocenters. The molecule has 104 valence electrons. The molecular formula is C14H17N5O. The summed E-state index contributed by atoms with van der Waals surface area (Å²) in [7, 11) is 1.88. The topological polar surface area (TPSA) is 63.9 Å². The lowest BCUT2D eigenvalue weighted by Crippen LogP contribution is -2.28. The maximum absolute atomic E-state index is 11.7. The van der Waals surface area contributed by atoms with Crippen LogP contribution in [-0.2, 0) is 11.8 Å². The van der Waals surface area contributed by atoms with E-state index in [0.717, 1.165) is 36.5 Å². The van der Waals surface area contributed by atoms with Crippen LogP contribution >= 0.6 is 0 Å². The van der Waals surface area contributed by atoms with Crippen molar-refractivity contribution in [3.63, 3.8) is 0 Å². The Hall–Kier alpha value is -2.24. The van der Waals surface area contributed by atoms with Crippen LogP contribution in [0.4, 0.5) is 0 Å². The third-order valence-electron chi connectivity index (χ3n) is 3.74. The van der Waals surface area contributed by atoms with Gasteiger partial charge in [0.1, 0.15) is 5.69 Å². The van der Waals surface area contributed by atoms with Crippen LogP contribution in [0.2, 0.25) is 0 Å². The first kappa shape index (κ1) is 12.8. The van der Waals surface area contributed by atoms with Crippen molar-refractivity contribution in [3.8, 4) is 11.4 Å². The highest BCUT2D eigenvalue weighted by atomic mass is 16.2. The van der Waals surface area contributed by atoms with Crippen molar-refractivity contribution >= 4 is 5.91 Å². The second kappa shape index (κ2) is 5.03. The normalized spacial score (nSPS) is 18.5. The predicted octanol–water partition coefficient (Wildman–Crippen LogP) is 1.56. The first-order valence-corrected chi connectivity index (χ1v) is 6.74. The second-order valence-electron chi connectivity index (χ2n) is 5.04. The zero-order valence-corrected chi connectivity index (χ0v) is 11.7. The fourth-order valence-electron chi connectivity index (χ4n) is 2.74. The number of hydrogen-bond donors (Lipinski definition) is 0. The number of nitrogens with zero attached hydrogens (tertiary/aromatic N) is 5. The van der Waals surface area contributed by atoms with Crippen molar-refractivity contribution in [2.24, 2.45) is 7.05 Å². The van der Waals surface area contributed by atoms with E-state index in [1.807, 2.05) is 18.0 Å². The average molecular weight is 271 g/mol. The van der Waals surface area contributed by atoms with Crippen molar-refractivity contribution < 1.29 is 4.79 Å². The fourth-order valence-corrected chi connectivity index (χ4v) is 2.74. The highest BCUT2D eigenvalue weighted by Gasteiger charge is 2.29. The molecule has 1 aliphatic rings. The Morgan fingerprint density at radius 2 is 2.25 bits per heavy atom. The lowest BCUT2D eigenvalue weighted by atomic mass is 10.1. The van der Waals surface area contributed by atoms with Crippen LogP contribution in [0.25, 0.3) is 11.4 Å². The number of amides is 1. The maximum Gasteiger partial charge on any atom is 0.220 e. The molecule has 3 rings (SSSR count). The third kappa shape index (κ3) is 2.17. The van der Waals surface area contributed by atoms with Crippen LogP contribution in [0, 0.1) is 0 Å². The van der Waals surface area contributed by atoms with Crippen molar-refractivity contribution in [2.45, 2.75) is 25.8 Å². The minimum absolute atomic E-state index is 0.0492. The van der Waals surface area contributed by atoms with Gasteiger partial charge in [0.25, 0.3) is 0 Å². The van der Waals surface area contributed by atoms with Crippen molar-refractivity contribution in [2.75, 3.05) is 6.54 Å². The lowest BCUT2D eigenvalue weighted by molar-refractivity contribution is -0.129. The molecule has 2 aromatic rings. The predicted molar refractivity (Wildman–Crippen MR) is 73.6 cm³/mol. The third-order valence-corrected chi connectivity index (χ3v) is 3.74. The largest absolute Gasteiger partial charge is 0.334 e. The van der Waals surface area contributed by atoms with Crippen LogP contribution in [0.5, 0.6) is 0 Å². The minimum atomic E-state index is 0.0492. The summed E-state index contributed by atoms with van der Waals surface area (Å²) in [5.74, 6) is 0.0974. The summed E-state index contributed by atoms with van der Waals surface area (Å²) < 4.78 is 1.77. The van der Waals surface area contributed by atoms with Gasteiger partial charge in [-0.3, -0.25) is 14.5 Å². The smallest absolute Gasteiger partial charge is 0.220 e. The van der Waals surface area contributed by atoms with Crippen LogP contribution in [-0.4, -0.2) is 37.1 Å². The molecule has 0 spiro atoms. The summed E-state index contributed by atoms with van der Waals surface area (Å²) in [5, 5.41) is 4.15. The first-order chi connectivity index (χ1) is 9.66. The molecule has 6 heteroatoms. The summed E-state index contributed by atoms with van der Waals surface area (Å²) in [6.45, 7) is 2.41. The maximum atomic E-state index is 11.7. The molecule has 20 heavy (non-hydrogen) atoms. The van der Waals surface area contributed by atoms with Crippen LogP contribution in [0.15, 0.2) is 24.7 Å². The number of aryl methyl sites for hydroxylation is 1. The second-order valence-corrected chi connectivity index (χ2v) is 5.04. The van der Waals surface area contributed by atoms with Gasteiger partial charge in [-0.2, -0.15) is 5.10 Å². The Balaban J connectivity index is 1.96. The minimum Gasteiger partial charge on any atom is -0.334 e. The summed E-state index contributed by atoms with van der Waals surface area (Å²) >= 11 is 0. The van der Waals surface area contributed by atoms with Gasteiger partial charge in [0.15, 0.2) is 0 Å². The lowest BCUT2D eigenvalue weighted by Gasteiger charge is -2.22. The molecule has 3 heterocycles. The van der Waals surface area contributed by atoms with Gasteiger partial charge in [0.2, 0.25) is 5.91 Å². The number of rotatable bonds is 2. The Bertz CT molecular complexity index is 636. The van der Waals surface area contributed by atoms with E-state index < -0.39 is 0 Å². The molecule has 1 amide bonds. The molecule has 0 aromatic carbocycles. The molecule has 1 fully saturated rings. The highest BCUT2D eigenvalue weighted by molar-refractivity contribution is 5.74. The van der Waals surface area contributed by atoms with Crippen LogP contribution < -0.4 is 0 Å². The van der Waals surface area contributed by atoms with Gasteiger partial charge in [-0.05, 0) is 18.9 Å². The number of hydrogen-bond acceptors (Lipinski definition) is 4. The first-order valence-electron chi connectivity index (χ1n) is 6.74. The number of carbonyl (C=O) groups is 1. The molecule has 0 N–H and O–H groups in total. The number of carbonyl (C=O) groups excluding carboxylic acids is 1. The monoisotopic (exact) mass is 271 g/mol. The molecule has 0 aliphatic carbocycles. The van der Waals surface area contributed by atoms with Gasteiger partial charge >= 0.3 is 0 Å². The molecular weight excluding hydrogens is 254 g/mol. The van der Waals surface area contributed by atoms with Gasteiger partial charge in [-0.25, -0.2) is 4.98 Å². The molecule has 6 nitrogen and oxygen atoms in total. The van der Waals surface area contributed by atoms with Crippen LogP contribution in [0.1, 0.15) is 31.5 Å². The van der Waals surface area contributed by atoms with E-state index in [2.05, 4.69) is 15.1 Å². The van der Waals surface area contributed by atoms with E-state index in [1.165, 1.54) is 0 Å². The molecule has 0 radical (unpaired) electrons. The molecule has 0 unspecified atom stereocenters. The van der Waals surface area contributed by atoms with Crippen LogP contribution in [0.3, 0.4) is 0 Å². The highest BCUT2D eigenvalue weighted by Crippen LogP contribution is 2.31. The summed E-state index contributed by atoms with van der Waals surface area (Å²) in [4.78, 5) is 22.5. The Kier molecular flexibility index (Phi) is 3.22. The molecule has 1 aliphatic heterocycles. The summed E-state index contributed by atoms with van der Waals surface area (Å²) in [5.41, 5.74) is 2.57. The summed E-state index contributed by atoms with van der Waals surface area (Å²) in [6.07, 6.45) is 7.19. The zero-order valence-electron chi connectivity index (χ0n) is 11.7. The van der Waals surface area contributed by atoms with E-state index in [0.29, 0.717) is 0 Å². The molecule has 1 saturated heterocycles. The Morgan fingerprint density at radius 3 is 2.95 bits per heavy atom. The van der Waals surface area contributed by atoms with E-state index in [1.54, 1.807) is 30.2 Å². The van der Waals surface area contributed by atoms with E-state index >= 15 is 0 Å². The SMILES string of the molecule is CC(=O)N1CCC[C@H]1c1cncc(-c2ccnn2C)n1. The van der Waals surface area contributed by atoms with Gasteiger partial charge in [0, 0.05) is 26.7 Å². The fraction of sp³-hybridized carbons (Fsp3) is 0.429. The van der Waals surface area contributed by atoms with E-state index in [4.69, 9.17) is 0 Å². The van der Waals surface area contributed by atoms with E-state index in [-0.39, 0.29) is 11.9 Å². The Morgan fingerprint density at radius 1 is 1.40 bits per heavy atom. The van der Waals surface area contributed by atoms with Gasteiger partial charge in [-0.15, -0.1) is 0 Å². The molecule has 2 aromatic heterocycles. The van der Waals surface area contributed by atoms with E-state index in [9.17, 15) is 4.79 Å². The van der Waals surface area contributed by atoms with Gasteiger partial charge < -0.3 is 4.90 Å². The standard InChI is InChI=1S/C14H17N5O/c1-10(20)19-7-3-4-14(19)12-9-15-8-11(17-12)13-5-6-16-18(13)2/h5-6,8-9,14H,3-4,7H2,1-2H3/t14-/m0/s1. The average Bonchev–Trinajstić information content (AvgIpc) is 3.07. The Labute approximate surface area is 117 Å². The van der Waals surface area contributed by atoms with Gasteiger partial charge in [-0.1, -0.05) is 0 Å². The van der Waals surface area contributed by atoms with Crippen molar-refractivity contribution in [3.05, 3.63) is 30.4 Å². The zero-order chi connectivity index (χ0) is 14.1. The number of likely N-dealkylation sites (tertiary alicyclic amines) is 1. The summed E-state index contributed by atoms with van der Waals surface area (Å²) in [6, 6.07) is 1.96.